The number of amides is 1. The number of aromatic nitrogens is 3. The zero-order valence-corrected chi connectivity index (χ0v) is 15.8. The molecule has 1 amide bonds. The first-order valence-electron chi connectivity index (χ1n) is 9.05. The van der Waals surface area contributed by atoms with Crippen molar-refractivity contribution in [3.05, 3.63) is 35.0 Å². The van der Waals surface area contributed by atoms with Crippen LogP contribution in [0.3, 0.4) is 0 Å². The summed E-state index contributed by atoms with van der Waals surface area (Å²) in [7, 11) is 1.41. The fraction of sp³-hybridized carbons (Fsp3) is 0.368. The van der Waals surface area contributed by atoms with E-state index in [2.05, 4.69) is 10.3 Å². The van der Waals surface area contributed by atoms with Crippen LogP contribution in [0.5, 0.6) is 0 Å². The Kier molecular flexibility index (Phi) is 3.93. The van der Waals surface area contributed by atoms with Crippen molar-refractivity contribution < 1.29 is 9.53 Å². The van der Waals surface area contributed by atoms with E-state index in [1.165, 1.54) is 24.0 Å². The van der Waals surface area contributed by atoms with E-state index >= 15 is 0 Å². The average molecular weight is 381 g/mol. The molecule has 4 heterocycles. The zero-order chi connectivity index (χ0) is 18.4. The van der Waals surface area contributed by atoms with Crippen LogP contribution < -0.4 is 5.32 Å². The number of carbonyl (C=O) groups is 1. The molecule has 0 unspecified atom stereocenters. The molecule has 1 aliphatic heterocycles. The number of thiophene rings is 1. The molecular formula is C19H19N5O2S. The molecule has 7 nitrogen and oxygen atoms in total. The Hall–Kier alpha value is -2.74. The second-order valence-electron chi connectivity index (χ2n) is 6.89. The van der Waals surface area contributed by atoms with E-state index in [0.29, 0.717) is 18.9 Å². The molecule has 8 heteroatoms. The quantitative estimate of drug-likeness (QED) is 0.751. The van der Waals surface area contributed by atoms with Gasteiger partial charge in [-0.2, -0.15) is 0 Å². The largest absolute Gasteiger partial charge is 0.453 e. The monoisotopic (exact) mass is 381 g/mol. The summed E-state index contributed by atoms with van der Waals surface area (Å²) < 4.78 is 4.78. The van der Waals surface area contributed by atoms with Gasteiger partial charge < -0.3 is 15.0 Å². The number of carbonyl (C=O) groups excluding carboxylic acids is 1. The van der Waals surface area contributed by atoms with Crippen LogP contribution in [-0.4, -0.2) is 52.2 Å². The van der Waals surface area contributed by atoms with Crippen molar-refractivity contribution in [2.45, 2.75) is 25.3 Å². The van der Waals surface area contributed by atoms with Gasteiger partial charge in [-0.05, 0) is 37.0 Å². The third-order valence-corrected chi connectivity index (χ3v) is 6.33. The third-order valence-electron chi connectivity index (χ3n) is 5.14. The molecule has 0 aromatic carbocycles. The summed E-state index contributed by atoms with van der Waals surface area (Å²) >= 11 is 1.78. The summed E-state index contributed by atoms with van der Waals surface area (Å²) in [5.74, 6) is 1.55. The lowest BCUT2D eigenvalue weighted by molar-refractivity contribution is 0.0930. The Morgan fingerprint density at radius 3 is 3.00 bits per heavy atom. The second-order valence-corrected chi connectivity index (χ2v) is 7.97. The maximum absolute atomic E-state index is 11.6. The standard InChI is InChI=1S/C19H19N5O2S/c1-26-19(25)24-9-12(10-24)21-17-15-13-5-2-6-14(13)27-18(15)23-16(22-17)11-4-3-7-20-8-11/h3-4,7-8,12H,2,5-6,9-10H2,1H3,(H,21,22,23). The highest BCUT2D eigenvalue weighted by Crippen LogP contribution is 2.40. The third kappa shape index (κ3) is 2.80. The first kappa shape index (κ1) is 16.4. The van der Waals surface area contributed by atoms with Crippen molar-refractivity contribution in [3.8, 4) is 11.4 Å². The number of ether oxygens (including phenoxy) is 1. The first-order chi connectivity index (χ1) is 13.2. The normalized spacial score (nSPS) is 16.3. The van der Waals surface area contributed by atoms with Crippen molar-refractivity contribution in [1.82, 2.24) is 19.9 Å². The Morgan fingerprint density at radius 2 is 2.22 bits per heavy atom. The van der Waals surface area contributed by atoms with Crippen LogP contribution in [0.4, 0.5) is 10.6 Å². The number of rotatable bonds is 3. The molecule has 0 saturated carbocycles. The number of aryl methyl sites for hydroxylation is 2. The molecule has 3 aromatic heterocycles. The predicted octanol–water partition coefficient (Wildman–Crippen LogP) is 3.10. The summed E-state index contributed by atoms with van der Waals surface area (Å²) in [5.41, 5.74) is 2.29. The minimum atomic E-state index is -0.284. The van der Waals surface area contributed by atoms with Crippen LogP contribution in [0.25, 0.3) is 21.6 Å². The highest BCUT2D eigenvalue weighted by atomic mass is 32.1. The number of pyridine rings is 1. The number of hydrogen-bond acceptors (Lipinski definition) is 7. The number of hydrogen-bond donors (Lipinski definition) is 1. The van der Waals surface area contributed by atoms with Gasteiger partial charge >= 0.3 is 6.09 Å². The zero-order valence-electron chi connectivity index (χ0n) is 14.9. The average Bonchev–Trinajstić information content (AvgIpc) is 3.25. The molecule has 0 radical (unpaired) electrons. The molecule has 0 bridgehead atoms. The lowest BCUT2D eigenvalue weighted by atomic mass is 10.1. The van der Waals surface area contributed by atoms with E-state index in [9.17, 15) is 4.79 Å². The van der Waals surface area contributed by atoms with Crippen molar-refractivity contribution in [1.29, 1.82) is 0 Å². The van der Waals surface area contributed by atoms with E-state index < -0.39 is 0 Å². The molecule has 0 spiro atoms. The van der Waals surface area contributed by atoms with Crippen molar-refractivity contribution >= 4 is 33.5 Å². The Labute approximate surface area is 160 Å². The van der Waals surface area contributed by atoms with Gasteiger partial charge in [0.2, 0.25) is 0 Å². The summed E-state index contributed by atoms with van der Waals surface area (Å²) in [5, 5.41) is 4.69. The smallest absolute Gasteiger partial charge is 0.409 e. The van der Waals surface area contributed by atoms with Gasteiger partial charge in [-0.1, -0.05) is 0 Å². The summed E-state index contributed by atoms with van der Waals surface area (Å²) in [6.45, 7) is 1.24. The number of nitrogens with one attached hydrogen (secondary N) is 1. The van der Waals surface area contributed by atoms with Crippen LogP contribution >= 0.6 is 11.3 Å². The Morgan fingerprint density at radius 1 is 1.33 bits per heavy atom. The van der Waals surface area contributed by atoms with Gasteiger partial charge in [-0.25, -0.2) is 14.8 Å². The molecule has 3 aromatic rings. The lowest BCUT2D eigenvalue weighted by Crippen LogP contribution is -2.57. The number of anilines is 1. The fourth-order valence-corrected chi connectivity index (χ4v) is 5.03. The topological polar surface area (TPSA) is 80.2 Å². The molecule has 27 heavy (non-hydrogen) atoms. The Bertz CT molecular complexity index is 1010. The van der Waals surface area contributed by atoms with Crippen LogP contribution in [-0.2, 0) is 17.6 Å². The lowest BCUT2D eigenvalue weighted by Gasteiger charge is -2.38. The van der Waals surface area contributed by atoms with Gasteiger partial charge in [0.25, 0.3) is 0 Å². The van der Waals surface area contributed by atoms with Crippen molar-refractivity contribution in [2.75, 3.05) is 25.5 Å². The SMILES string of the molecule is COC(=O)N1CC(Nc2nc(-c3cccnc3)nc3sc4c(c23)CCC4)C1. The van der Waals surface area contributed by atoms with Crippen LogP contribution in [0.15, 0.2) is 24.5 Å². The summed E-state index contributed by atoms with van der Waals surface area (Å²) in [6, 6.07) is 4.03. The summed E-state index contributed by atoms with van der Waals surface area (Å²) in [6.07, 6.45) is 6.65. The van der Waals surface area contributed by atoms with Gasteiger partial charge in [0.05, 0.1) is 18.5 Å². The van der Waals surface area contributed by atoms with Gasteiger partial charge in [-0.15, -0.1) is 11.3 Å². The van der Waals surface area contributed by atoms with Gasteiger partial charge in [-0.3, -0.25) is 4.98 Å². The van der Waals surface area contributed by atoms with E-state index in [1.54, 1.807) is 28.6 Å². The minimum Gasteiger partial charge on any atom is -0.453 e. The number of nitrogens with zero attached hydrogens (tertiary/aromatic N) is 4. The predicted molar refractivity (Wildman–Crippen MR) is 104 cm³/mol. The van der Waals surface area contributed by atoms with E-state index in [4.69, 9.17) is 14.7 Å². The molecule has 5 rings (SSSR count). The fourth-order valence-electron chi connectivity index (χ4n) is 3.77. The van der Waals surface area contributed by atoms with Crippen LogP contribution in [0.2, 0.25) is 0 Å². The van der Waals surface area contributed by atoms with E-state index in [0.717, 1.165) is 34.4 Å². The maximum atomic E-state index is 11.6. The highest BCUT2D eigenvalue weighted by molar-refractivity contribution is 7.19. The number of fused-ring (bicyclic) bond motifs is 3. The summed E-state index contributed by atoms with van der Waals surface area (Å²) in [4.78, 5) is 29.6. The van der Waals surface area contributed by atoms with E-state index in [1.807, 2.05) is 12.1 Å². The molecular weight excluding hydrogens is 362 g/mol. The molecule has 1 N–H and O–H groups in total. The van der Waals surface area contributed by atoms with E-state index in [-0.39, 0.29) is 12.1 Å². The first-order valence-corrected chi connectivity index (χ1v) is 9.86. The van der Waals surface area contributed by atoms with Gasteiger partial charge in [0, 0.05) is 35.9 Å². The minimum absolute atomic E-state index is 0.168. The number of likely N-dealkylation sites (tertiary alicyclic amines) is 1. The molecule has 1 saturated heterocycles. The molecule has 2 aliphatic rings. The molecule has 1 aliphatic carbocycles. The highest BCUT2D eigenvalue weighted by Gasteiger charge is 2.33. The molecule has 1 fully saturated rings. The Balaban J connectivity index is 1.52. The number of methoxy groups -OCH3 is 1. The van der Waals surface area contributed by atoms with Crippen molar-refractivity contribution in [3.63, 3.8) is 0 Å². The van der Waals surface area contributed by atoms with Crippen LogP contribution in [0.1, 0.15) is 16.9 Å². The maximum Gasteiger partial charge on any atom is 0.409 e. The molecule has 0 atom stereocenters. The van der Waals surface area contributed by atoms with Crippen molar-refractivity contribution in [2.24, 2.45) is 0 Å². The van der Waals surface area contributed by atoms with Gasteiger partial charge in [0.15, 0.2) is 5.82 Å². The molecule has 138 valence electrons. The second kappa shape index (κ2) is 6.45. The van der Waals surface area contributed by atoms with Crippen LogP contribution in [0, 0.1) is 0 Å². The van der Waals surface area contributed by atoms with Gasteiger partial charge in [0.1, 0.15) is 10.6 Å².